The Labute approximate surface area is 137 Å². The van der Waals surface area contributed by atoms with Gasteiger partial charge in [-0.15, -0.1) is 22.7 Å². The molecule has 0 unspecified atom stereocenters. The molecule has 2 heterocycles. The number of thiazole rings is 1. The normalized spacial score (nSPS) is 11.6. The van der Waals surface area contributed by atoms with Crippen LogP contribution in [0.3, 0.4) is 0 Å². The highest BCUT2D eigenvalue weighted by atomic mass is 32.2. The van der Waals surface area contributed by atoms with Crippen molar-refractivity contribution in [2.24, 2.45) is 0 Å². The molecule has 0 aliphatic rings. The number of likely N-dealkylation sites (N-methyl/N-ethyl adjacent to an activating group) is 1. The zero-order valence-electron chi connectivity index (χ0n) is 12.5. The maximum absolute atomic E-state index is 12.3. The lowest BCUT2D eigenvalue weighted by Gasteiger charge is -2.08. The van der Waals surface area contributed by atoms with Gasteiger partial charge in [-0.25, -0.2) is 18.2 Å². The first kappa shape index (κ1) is 17.1. The van der Waals surface area contributed by atoms with Crippen LogP contribution in [0.25, 0.3) is 5.57 Å². The molecule has 8 heteroatoms. The van der Waals surface area contributed by atoms with Crippen LogP contribution in [0.1, 0.15) is 15.6 Å². The molecule has 0 bridgehead atoms. The number of thiophene rings is 1. The molecule has 0 N–H and O–H groups in total. The zero-order chi connectivity index (χ0) is 16.3. The molecule has 0 atom stereocenters. The van der Waals surface area contributed by atoms with Crippen LogP contribution in [0.5, 0.6) is 0 Å². The summed E-state index contributed by atoms with van der Waals surface area (Å²) in [6.45, 7) is 2.23. The average Bonchev–Trinajstić information content (AvgIpc) is 3.05. The van der Waals surface area contributed by atoms with E-state index in [0.29, 0.717) is 31.9 Å². The zero-order valence-corrected chi connectivity index (χ0v) is 14.9. The van der Waals surface area contributed by atoms with E-state index in [4.69, 9.17) is 0 Å². The van der Waals surface area contributed by atoms with Gasteiger partial charge in [-0.05, 0) is 32.5 Å². The van der Waals surface area contributed by atoms with Gasteiger partial charge < -0.3 is 4.90 Å². The molecule has 0 aliphatic heterocycles. The molecule has 2 rings (SSSR count). The minimum atomic E-state index is -3.38. The Morgan fingerprint density at radius 1 is 1.41 bits per heavy atom. The SMILES string of the molecule is Cc1nc(CS(=O)(=O)c2cccs2)sc1C(=C=O)CN(C)C. The van der Waals surface area contributed by atoms with Crippen LogP contribution in [0.2, 0.25) is 0 Å². The van der Waals surface area contributed by atoms with E-state index in [1.165, 1.54) is 22.7 Å². The van der Waals surface area contributed by atoms with E-state index < -0.39 is 9.84 Å². The predicted molar refractivity (Wildman–Crippen MR) is 89.7 cm³/mol. The minimum absolute atomic E-state index is 0.146. The van der Waals surface area contributed by atoms with Crippen LogP contribution in [0, 0.1) is 6.92 Å². The van der Waals surface area contributed by atoms with Gasteiger partial charge in [-0.1, -0.05) is 6.07 Å². The molecule has 2 aromatic heterocycles. The first-order valence-corrected chi connectivity index (χ1v) is 9.80. The molecule has 0 aromatic carbocycles. The molecule has 118 valence electrons. The van der Waals surface area contributed by atoms with Gasteiger partial charge in [0.1, 0.15) is 20.9 Å². The van der Waals surface area contributed by atoms with E-state index in [1.54, 1.807) is 24.4 Å². The van der Waals surface area contributed by atoms with Gasteiger partial charge in [0, 0.05) is 6.54 Å². The summed E-state index contributed by atoms with van der Waals surface area (Å²) in [7, 11) is 0.333. The number of sulfone groups is 1. The molecule has 2 aromatic rings. The maximum Gasteiger partial charge on any atom is 0.194 e. The molecule has 0 aliphatic carbocycles. The monoisotopic (exact) mass is 356 g/mol. The van der Waals surface area contributed by atoms with E-state index >= 15 is 0 Å². The van der Waals surface area contributed by atoms with Gasteiger partial charge >= 0.3 is 0 Å². The summed E-state index contributed by atoms with van der Waals surface area (Å²) in [4.78, 5) is 18.0. The van der Waals surface area contributed by atoms with Crippen LogP contribution in [-0.4, -0.2) is 44.9 Å². The highest BCUT2D eigenvalue weighted by Crippen LogP contribution is 2.28. The lowest BCUT2D eigenvalue weighted by molar-refractivity contribution is 0.463. The average molecular weight is 356 g/mol. The molecular formula is C14H16N2O3S3. The second-order valence-corrected chi connectivity index (χ2v) is 9.28. The molecule has 0 amide bonds. The Morgan fingerprint density at radius 3 is 2.68 bits per heavy atom. The van der Waals surface area contributed by atoms with E-state index in [0.717, 1.165) is 0 Å². The highest BCUT2D eigenvalue weighted by molar-refractivity contribution is 7.92. The van der Waals surface area contributed by atoms with Crippen LogP contribution in [-0.2, 0) is 20.4 Å². The Hall–Kier alpha value is -1.31. The summed E-state index contributed by atoms with van der Waals surface area (Å²) in [6.07, 6.45) is 0. The number of hydrogen-bond acceptors (Lipinski definition) is 7. The van der Waals surface area contributed by atoms with Crippen LogP contribution < -0.4 is 0 Å². The highest BCUT2D eigenvalue weighted by Gasteiger charge is 2.21. The molecule has 0 saturated carbocycles. The van der Waals surface area contributed by atoms with E-state index in [2.05, 4.69) is 4.98 Å². The lowest BCUT2D eigenvalue weighted by atomic mass is 10.2. The number of aryl methyl sites for hydroxylation is 1. The van der Waals surface area contributed by atoms with Crippen molar-refractivity contribution in [3.05, 3.63) is 33.1 Å². The van der Waals surface area contributed by atoms with Gasteiger partial charge in [-0.3, -0.25) is 0 Å². The van der Waals surface area contributed by atoms with Crippen molar-refractivity contribution in [2.45, 2.75) is 16.9 Å². The van der Waals surface area contributed by atoms with Gasteiger partial charge in [0.15, 0.2) is 9.84 Å². The van der Waals surface area contributed by atoms with Crippen molar-refractivity contribution < 1.29 is 13.2 Å². The third-order valence-electron chi connectivity index (χ3n) is 2.83. The third kappa shape index (κ3) is 3.91. The van der Waals surface area contributed by atoms with Gasteiger partial charge in [-0.2, -0.15) is 0 Å². The molecule has 5 nitrogen and oxygen atoms in total. The quantitative estimate of drug-likeness (QED) is 0.743. The van der Waals surface area contributed by atoms with Gasteiger partial charge in [0.2, 0.25) is 0 Å². The Kier molecular flexibility index (Phi) is 5.31. The first-order valence-electron chi connectivity index (χ1n) is 6.45. The largest absolute Gasteiger partial charge is 0.304 e. The first-order chi connectivity index (χ1) is 10.3. The number of nitrogens with zero attached hydrogens (tertiary/aromatic N) is 2. The third-order valence-corrected chi connectivity index (χ3v) is 7.34. The van der Waals surface area contributed by atoms with Crippen LogP contribution >= 0.6 is 22.7 Å². The van der Waals surface area contributed by atoms with Crippen molar-refractivity contribution in [1.29, 1.82) is 0 Å². The topological polar surface area (TPSA) is 67.3 Å². The molecular weight excluding hydrogens is 340 g/mol. The molecule has 0 saturated heterocycles. The lowest BCUT2D eigenvalue weighted by Crippen LogP contribution is -2.14. The van der Waals surface area contributed by atoms with Crippen molar-refractivity contribution in [3.8, 4) is 0 Å². The summed E-state index contributed by atoms with van der Waals surface area (Å²) >= 11 is 2.44. The number of aromatic nitrogens is 1. The molecule has 0 fully saturated rings. The number of rotatable bonds is 6. The Morgan fingerprint density at radius 2 is 2.14 bits per heavy atom. The summed E-state index contributed by atoms with van der Waals surface area (Å²) in [6, 6.07) is 3.30. The number of hydrogen-bond donors (Lipinski definition) is 0. The molecule has 22 heavy (non-hydrogen) atoms. The molecule has 0 spiro atoms. The van der Waals surface area contributed by atoms with Crippen molar-refractivity contribution in [3.63, 3.8) is 0 Å². The predicted octanol–water partition coefficient (Wildman–Crippen LogP) is 2.26. The maximum atomic E-state index is 12.3. The van der Waals surface area contributed by atoms with Crippen molar-refractivity contribution >= 4 is 44.0 Å². The fourth-order valence-electron chi connectivity index (χ4n) is 1.93. The van der Waals surface area contributed by atoms with Crippen molar-refractivity contribution in [1.82, 2.24) is 9.88 Å². The standard InChI is InChI=1S/C14H16N2O3S3/c1-10-14(11(8-17)7-16(2)3)21-12(15-10)9-22(18,19)13-5-4-6-20-13/h4-6H,7,9H2,1-3H3. The van der Waals surface area contributed by atoms with Gasteiger partial charge in [0.25, 0.3) is 0 Å². The fraction of sp³-hybridized carbons (Fsp3) is 0.357. The summed E-state index contributed by atoms with van der Waals surface area (Å²) in [5, 5.41) is 2.22. The summed E-state index contributed by atoms with van der Waals surface area (Å²) in [5.74, 6) is 1.80. The fourth-order valence-corrected chi connectivity index (χ4v) is 5.67. The Bertz CT molecular complexity index is 799. The van der Waals surface area contributed by atoms with Gasteiger partial charge in [0.05, 0.1) is 16.1 Å². The Balaban J connectivity index is 2.29. The second kappa shape index (κ2) is 6.85. The smallest absolute Gasteiger partial charge is 0.194 e. The van der Waals surface area contributed by atoms with E-state index in [-0.39, 0.29) is 5.75 Å². The summed E-state index contributed by atoms with van der Waals surface area (Å²) < 4.78 is 24.9. The number of carbonyl (C=O) groups excluding carboxylic acids is 1. The van der Waals surface area contributed by atoms with Crippen molar-refractivity contribution in [2.75, 3.05) is 20.6 Å². The summed E-state index contributed by atoms with van der Waals surface area (Å²) in [5.41, 5.74) is 1.17. The van der Waals surface area contributed by atoms with Crippen LogP contribution in [0.15, 0.2) is 21.7 Å². The second-order valence-electron chi connectivity index (χ2n) is 5.03. The van der Waals surface area contributed by atoms with E-state index in [9.17, 15) is 13.2 Å². The molecule has 0 radical (unpaired) electrons. The van der Waals surface area contributed by atoms with E-state index in [1.807, 2.05) is 24.9 Å². The van der Waals surface area contributed by atoms with Crippen LogP contribution in [0.4, 0.5) is 0 Å². The minimum Gasteiger partial charge on any atom is -0.304 e.